The van der Waals surface area contributed by atoms with E-state index in [4.69, 9.17) is 23.7 Å². The quantitative estimate of drug-likeness (QED) is 0.342. The fourth-order valence-corrected chi connectivity index (χ4v) is 3.35. The molecular formula is C24H33ClN2O7. The van der Waals surface area contributed by atoms with Gasteiger partial charge in [-0.25, -0.2) is 0 Å². The van der Waals surface area contributed by atoms with E-state index in [2.05, 4.69) is 10.6 Å². The highest BCUT2D eigenvalue weighted by Crippen LogP contribution is 2.38. The van der Waals surface area contributed by atoms with Gasteiger partial charge in [-0.1, -0.05) is 0 Å². The van der Waals surface area contributed by atoms with Gasteiger partial charge in [0.1, 0.15) is 48.9 Å². The Bertz CT molecular complexity index is 896. The van der Waals surface area contributed by atoms with Crippen LogP contribution in [0.3, 0.4) is 0 Å². The van der Waals surface area contributed by atoms with Gasteiger partial charge in [0.25, 0.3) is 0 Å². The van der Waals surface area contributed by atoms with Crippen molar-refractivity contribution < 1.29 is 33.6 Å². The third kappa shape index (κ3) is 8.25. The highest BCUT2D eigenvalue weighted by Gasteiger charge is 2.23. The maximum Gasteiger partial charge on any atom is 0.224 e. The maximum atomic E-state index is 11.9. The number of carbonyl (C=O) groups excluding carboxylic acids is 1. The Morgan fingerprint density at radius 3 is 2.41 bits per heavy atom. The smallest absolute Gasteiger partial charge is 0.224 e. The third-order valence-corrected chi connectivity index (χ3v) is 5.06. The summed E-state index contributed by atoms with van der Waals surface area (Å²) in [4.78, 5) is 11.9. The molecule has 3 N–H and O–H groups in total. The van der Waals surface area contributed by atoms with Crippen LogP contribution in [-0.2, 0) is 16.0 Å². The second kappa shape index (κ2) is 14.5. The molecule has 1 aliphatic heterocycles. The summed E-state index contributed by atoms with van der Waals surface area (Å²) in [6.07, 6.45) is 0.232. The summed E-state index contributed by atoms with van der Waals surface area (Å²) in [6.45, 7) is 2.37. The van der Waals surface area contributed by atoms with Crippen molar-refractivity contribution in [3.63, 3.8) is 0 Å². The molecule has 0 fully saturated rings. The lowest BCUT2D eigenvalue weighted by molar-refractivity contribution is -0.116. The minimum absolute atomic E-state index is 0. The van der Waals surface area contributed by atoms with Gasteiger partial charge in [-0.3, -0.25) is 4.79 Å². The van der Waals surface area contributed by atoms with Gasteiger partial charge >= 0.3 is 0 Å². The number of hydrogen-bond donors (Lipinski definition) is 3. The summed E-state index contributed by atoms with van der Waals surface area (Å²) in [5, 5.41) is 16.3. The number of rotatable bonds is 14. The average molecular weight is 497 g/mol. The van der Waals surface area contributed by atoms with Crippen molar-refractivity contribution >= 4 is 24.0 Å². The predicted octanol–water partition coefficient (Wildman–Crippen LogP) is 2.44. The van der Waals surface area contributed by atoms with Crippen LogP contribution in [0.1, 0.15) is 12.0 Å². The monoisotopic (exact) mass is 496 g/mol. The number of aliphatic hydroxyl groups excluding tert-OH is 1. The van der Waals surface area contributed by atoms with Crippen LogP contribution in [0.2, 0.25) is 0 Å². The molecule has 0 aromatic heterocycles. The fourth-order valence-electron chi connectivity index (χ4n) is 3.35. The van der Waals surface area contributed by atoms with Gasteiger partial charge in [0, 0.05) is 32.2 Å². The number of aliphatic hydroxyl groups is 1. The van der Waals surface area contributed by atoms with Crippen LogP contribution in [0.15, 0.2) is 36.4 Å². The van der Waals surface area contributed by atoms with Gasteiger partial charge in [-0.05, 0) is 42.8 Å². The number of hydrogen-bond acceptors (Lipinski definition) is 8. The summed E-state index contributed by atoms with van der Waals surface area (Å²) in [6, 6.07) is 10.9. The predicted molar refractivity (Wildman–Crippen MR) is 131 cm³/mol. The molecule has 34 heavy (non-hydrogen) atoms. The first kappa shape index (κ1) is 27.5. The molecule has 0 saturated heterocycles. The molecular weight excluding hydrogens is 464 g/mol. The Morgan fingerprint density at radius 1 is 0.941 bits per heavy atom. The molecule has 10 heteroatoms. The second-order valence-corrected chi connectivity index (χ2v) is 7.50. The largest absolute Gasteiger partial charge is 0.497 e. The molecule has 1 aliphatic rings. The van der Waals surface area contributed by atoms with Crippen molar-refractivity contribution in [3.05, 3.63) is 42.0 Å². The first-order chi connectivity index (χ1) is 16.1. The van der Waals surface area contributed by atoms with Crippen LogP contribution in [0, 0.1) is 0 Å². The van der Waals surface area contributed by atoms with E-state index in [0.717, 1.165) is 17.1 Å². The first-order valence-electron chi connectivity index (χ1n) is 11.0. The maximum absolute atomic E-state index is 11.9. The zero-order valence-corrected chi connectivity index (χ0v) is 20.3. The van der Waals surface area contributed by atoms with E-state index in [1.54, 1.807) is 26.4 Å². The molecule has 2 aromatic carbocycles. The molecule has 0 spiro atoms. The van der Waals surface area contributed by atoms with E-state index in [-0.39, 0.29) is 24.9 Å². The van der Waals surface area contributed by atoms with E-state index in [0.29, 0.717) is 62.9 Å². The zero-order valence-electron chi connectivity index (χ0n) is 19.5. The minimum atomic E-state index is -0.697. The number of amides is 1. The van der Waals surface area contributed by atoms with Crippen molar-refractivity contribution in [1.82, 2.24) is 5.32 Å². The number of nitrogens with one attached hydrogen (secondary N) is 2. The Morgan fingerprint density at radius 2 is 1.68 bits per heavy atom. The van der Waals surface area contributed by atoms with Gasteiger partial charge in [-0.15, -0.1) is 12.4 Å². The van der Waals surface area contributed by atoms with Gasteiger partial charge in [0.05, 0.1) is 19.4 Å². The van der Waals surface area contributed by atoms with Gasteiger partial charge in [-0.2, -0.15) is 0 Å². The van der Waals surface area contributed by atoms with E-state index in [1.165, 1.54) is 0 Å². The number of fused-ring (bicyclic) bond motifs is 1. The lowest BCUT2D eigenvalue weighted by Gasteiger charge is -2.23. The van der Waals surface area contributed by atoms with E-state index < -0.39 is 6.10 Å². The number of benzene rings is 2. The molecule has 3 rings (SSSR count). The number of anilines is 1. The van der Waals surface area contributed by atoms with E-state index in [1.807, 2.05) is 24.3 Å². The molecule has 0 radical (unpaired) electrons. The van der Waals surface area contributed by atoms with Gasteiger partial charge < -0.3 is 39.4 Å². The average Bonchev–Trinajstić information content (AvgIpc) is 2.83. The van der Waals surface area contributed by atoms with Crippen molar-refractivity contribution in [2.24, 2.45) is 0 Å². The van der Waals surface area contributed by atoms with Crippen molar-refractivity contribution in [3.8, 4) is 23.0 Å². The van der Waals surface area contributed by atoms with Crippen LogP contribution in [0.5, 0.6) is 23.0 Å². The summed E-state index contributed by atoms with van der Waals surface area (Å²) in [5.74, 6) is 2.69. The van der Waals surface area contributed by atoms with E-state index in [9.17, 15) is 9.90 Å². The van der Waals surface area contributed by atoms with E-state index >= 15 is 0 Å². The highest BCUT2D eigenvalue weighted by molar-refractivity contribution is 5.96. The Kier molecular flexibility index (Phi) is 11.8. The topological polar surface area (TPSA) is 108 Å². The van der Waals surface area contributed by atoms with Crippen LogP contribution in [0.4, 0.5) is 5.69 Å². The molecule has 1 amide bonds. The molecule has 2 aromatic rings. The Labute approximate surface area is 206 Å². The van der Waals surface area contributed by atoms with Crippen LogP contribution in [0.25, 0.3) is 0 Å². The lowest BCUT2D eigenvalue weighted by Crippen LogP contribution is -2.33. The molecule has 1 unspecified atom stereocenters. The number of ether oxygens (including phenoxy) is 5. The minimum Gasteiger partial charge on any atom is -0.497 e. The van der Waals surface area contributed by atoms with Gasteiger partial charge in [0.15, 0.2) is 0 Å². The molecule has 1 heterocycles. The SMILES string of the molecule is COCCOc1ccc(OCC(O)CNCCOc2ccc(OC)cc2)c2c1NC(=O)CC2.Cl. The summed E-state index contributed by atoms with van der Waals surface area (Å²) in [5.41, 5.74) is 1.50. The van der Waals surface area contributed by atoms with Crippen molar-refractivity contribution in [1.29, 1.82) is 0 Å². The second-order valence-electron chi connectivity index (χ2n) is 7.50. The number of methoxy groups -OCH3 is 2. The van der Waals surface area contributed by atoms with Crippen molar-refractivity contribution in [2.45, 2.75) is 18.9 Å². The molecule has 0 bridgehead atoms. The Hall–Kier alpha value is -2.72. The lowest BCUT2D eigenvalue weighted by atomic mass is 10.0. The standard InChI is InChI=1S/C24H32N2O7.ClH/c1-29-13-14-32-22-9-8-21(20-7-10-23(28)26-24(20)22)33-16-17(27)15-25-11-12-31-19-5-3-18(30-2)4-6-19;/h3-6,8-9,17,25,27H,7,10-16H2,1-2H3,(H,26,28);1H. The summed E-state index contributed by atoms with van der Waals surface area (Å²) < 4.78 is 27.4. The first-order valence-corrected chi connectivity index (χ1v) is 11.0. The van der Waals surface area contributed by atoms with Crippen LogP contribution < -0.4 is 29.6 Å². The molecule has 9 nitrogen and oxygen atoms in total. The summed E-state index contributed by atoms with van der Waals surface area (Å²) >= 11 is 0. The van der Waals surface area contributed by atoms with Crippen molar-refractivity contribution in [2.75, 3.05) is 59.1 Å². The number of halogens is 1. The Balaban J connectivity index is 0.00000408. The third-order valence-electron chi connectivity index (χ3n) is 5.06. The molecule has 0 saturated carbocycles. The number of carbonyl (C=O) groups is 1. The molecule has 0 aliphatic carbocycles. The van der Waals surface area contributed by atoms with Crippen LogP contribution in [-0.4, -0.2) is 70.9 Å². The molecule has 1 atom stereocenters. The fraction of sp³-hybridized carbons (Fsp3) is 0.458. The van der Waals surface area contributed by atoms with Crippen LogP contribution >= 0.6 is 12.4 Å². The van der Waals surface area contributed by atoms with Gasteiger partial charge in [0.2, 0.25) is 5.91 Å². The zero-order chi connectivity index (χ0) is 23.5. The highest BCUT2D eigenvalue weighted by atomic mass is 35.5. The molecule has 188 valence electrons. The normalized spacial score (nSPS) is 13.2. The summed E-state index contributed by atoms with van der Waals surface area (Å²) in [7, 11) is 3.22.